The van der Waals surface area contributed by atoms with E-state index in [0.717, 1.165) is 25.0 Å². The average Bonchev–Trinajstić information content (AvgIpc) is 3.28. The molecule has 22 heavy (non-hydrogen) atoms. The zero-order valence-corrected chi connectivity index (χ0v) is 11.9. The van der Waals surface area contributed by atoms with Crippen molar-refractivity contribution in [1.82, 2.24) is 5.32 Å². The van der Waals surface area contributed by atoms with E-state index in [1.54, 1.807) is 0 Å². The van der Waals surface area contributed by atoms with E-state index in [4.69, 9.17) is 4.74 Å². The Morgan fingerprint density at radius 1 is 1.41 bits per heavy atom. The van der Waals surface area contributed by atoms with Crippen LogP contribution in [0.2, 0.25) is 0 Å². The van der Waals surface area contributed by atoms with Gasteiger partial charge in [-0.05, 0) is 36.5 Å². The molecule has 0 radical (unpaired) electrons. The number of hydrogen-bond acceptors (Lipinski definition) is 3. The van der Waals surface area contributed by atoms with Crippen LogP contribution in [0.15, 0.2) is 24.3 Å². The van der Waals surface area contributed by atoms with E-state index >= 15 is 0 Å². The summed E-state index contributed by atoms with van der Waals surface area (Å²) in [6, 6.07) is 4.42. The summed E-state index contributed by atoms with van der Waals surface area (Å²) >= 11 is 0. The molecule has 0 bridgehead atoms. The zero-order valence-electron chi connectivity index (χ0n) is 11.9. The molecule has 1 atom stereocenters. The van der Waals surface area contributed by atoms with Gasteiger partial charge in [0.15, 0.2) is 0 Å². The van der Waals surface area contributed by atoms with Crippen LogP contribution in [0.25, 0.3) is 0 Å². The maximum atomic E-state index is 12.6. The van der Waals surface area contributed by atoms with Crippen LogP contribution < -0.4 is 5.32 Å². The number of aliphatic hydroxyl groups excluding tert-OH is 1. The van der Waals surface area contributed by atoms with Gasteiger partial charge in [-0.3, -0.25) is 4.79 Å². The number of benzene rings is 1. The Labute approximate surface area is 126 Å². The van der Waals surface area contributed by atoms with Gasteiger partial charge in [-0.1, -0.05) is 12.1 Å². The maximum Gasteiger partial charge on any atom is 0.416 e. The number of alkyl halides is 3. The van der Waals surface area contributed by atoms with Crippen molar-refractivity contribution in [2.45, 2.75) is 25.1 Å². The smallest absolute Gasteiger partial charge is 0.387 e. The molecular weight excluding hydrogens is 299 g/mol. The van der Waals surface area contributed by atoms with Crippen LogP contribution in [0.4, 0.5) is 13.2 Å². The highest BCUT2D eigenvalue weighted by Crippen LogP contribution is 2.30. The number of amides is 1. The first-order chi connectivity index (χ1) is 10.4. The van der Waals surface area contributed by atoms with Crippen molar-refractivity contribution in [3.8, 4) is 0 Å². The lowest BCUT2D eigenvalue weighted by atomic mass is 10.1. The van der Waals surface area contributed by atoms with E-state index in [1.165, 1.54) is 12.1 Å². The molecule has 1 aliphatic carbocycles. The van der Waals surface area contributed by atoms with Gasteiger partial charge in [0, 0.05) is 6.54 Å². The van der Waals surface area contributed by atoms with Gasteiger partial charge in [0.05, 0.1) is 18.3 Å². The SMILES string of the molecule is O=C(COCC1CC1)NCC(O)c1cccc(C(F)(F)F)c1. The molecule has 0 spiro atoms. The van der Waals surface area contributed by atoms with Crippen molar-refractivity contribution >= 4 is 5.91 Å². The first kappa shape index (κ1) is 16.8. The Kier molecular flexibility index (Phi) is 5.42. The van der Waals surface area contributed by atoms with Crippen molar-refractivity contribution in [2.24, 2.45) is 5.92 Å². The molecule has 2 rings (SSSR count). The Morgan fingerprint density at radius 2 is 2.14 bits per heavy atom. The molecule has 4 nitrogen and oxygen atoms in total. The second-order valence-electron chi connectivity index (χ2n) is 5.40. The molecule has 0 aliphatic heterocycles. The highest BCUT2D eigenvalue weighted by molar-refractivity contribution is 5.77. The average molecular weight is 317 g/mol. The molecule has 1 aromatic carbocycles. The van der Waals surface area contributed by atoms with E-state index < -0.39 is 23.8 Å². The third-order valence-corrected chi connectivity index (χ3v) is 3.37. The number of carbonyl (C=O) groups is 1. The molecule has 1 amide bonds. The molecule has 1 unspecified atom stereocenters. The molecule has 0 aromatic heterocycles. The van der Waals surface area contributed by atoms with Crippen LogP contribution in [0.3, 0.4) is 0 Å². The first-order valence-corrected chi connectivity index (χ1v) is 7.06. The van der Waals surface area contributed by atoms with Crippen LogP contribution in [-0.4, -0.2) is 30.8 Å². The van der Waals surface area contributed by atoms with Crippen molar-refractivity contribution in [3.63, 3.8) is 0 Å². The predicted molar refractivity (Wildman–Crippen MR) is 73.0 cm³/mol. The lowest BCUT2D eigenvalue weighted by Crippen LogP contribution is -2.31. The molecule has 0 saturated heterocycles. The number of carbonyl (C=O) groups excluding carboxylic acids is 1. The van der Waals surface area contributed by atoms with E-state index in [9.17, 15) is 23.1 Å². The third kappa shape index (κ3) is 5.31. The summed E-state index contributed by atoms with van der Waals surface area (Å²) in [6.45, 7) is 0.280. The summed E-state index contributed by atoms with van der Waals surface area (Å²) in [5.74, 6) is 0.148. The Balaban J connectivity index is 1.78. The Morgan fingerprint density at radius 3 is 2.77 bits per heavy atom. The standard InChI is InChI=1S/C15H18F3NO3/c16-15(17,18)12-3-1-2-11(6-12)13(20)7-19-14(21)9-22-8-10-4-5-10/h1-3,6,10,13,20H,4-5,7-9H2,(H,19,21). The van der Waals surface area contributed by atoms with Crippen LogP contribution in [0, 0.1) is 5.92 Å². The summed E-state index contributed by atoms with van der Waals surface area (Å²) < 4.78 is 42.9. The van der Waals surface area contributed by atoms with Gasteiger partial charge in [-0.25, -0.2) is 0 Å². The van der Waals surface area contributed by atoms with E-state index in [0.29, 0.717) is 12.5 Å². The summed E-state index contributed by atoms with van der Waals surface area (Å²) in [5.41, 5.74) is -0.725. The number of nitrogens with one attached hydrogen (secondary N) is 1. The van der Waals surface area contributed by atoms with E-state index in [2.05, 4.69) is 5.32 Å². The highest BCUT2D eigenvalue weighted by Gasteiger charge is 2.30. The minimum atomic E-state index is -4.46. The summed E-state index contributed by atoms with van der Waals surface area (Å²) in [4.78, 5) is 11.5. The van der Waals surface area contributed by atoms with Gasteiger partial charge in [0.25, 0.3) is 0 Å². The van der Waals surface area contributed by atoms with E-state index in [-0.39, 0.29) is 18.7 Å². The highest BCUT2D eigenvalue weighted by atomic mass is 19.4. The number of ether oxygens (including phenoxy) is 1. The fraction of sp³-hybridized carbons (Fsp3) is 0.533. The van der Waals surface area contributed by atoms with Gasteiger partial charge in [-0.2, -0.15) is 13.2 Å². The van der Waals surface area contributed by atoms with Crippen LogP contribution in [0.5, 0.6) is 0 Å². The largest absolute Gasteiger partial charge is 0.416 e. The van der Waals surface area contributed by atoms with Gasteiger partial charge in [-0.15, -0.1) is 0 Å². The molecule has 7 heteroatoms. The number of rotatable bonds is 7. The lowest BCUT2D eigenvalue weighted by Gasteiger charge is -2.14. The molecule has 122 valence electrons. The fourth-order valence-corrected chi connectivity index (χ4v) is 1.90. The van der Waals surface area contributed by atoms with Crippen LogP contribution in [0.1, 0.15) is 30.1 Å². The second kappa shape index (κ2) is 7.11. The normalized spacial score (nSPS) is 16.4. The lowest BCUT2D eigenvalue weighted by molar-refractivity contribution is -0.137. The maximum absolute atomic E-state index is 12.6. The minimum absolute atomic E-state index is 0.105. The molecule has 2 N–H and O–H groups in total. The molecular formula is C15H18F3NO3. The summed E-state index contributed by atoms with van der Waals surface area (Å²) in [7, 11) is 0. The first-order valence-electron chi connectivity index (χ1n) is 7.06. The third-order valence-electron chi connectivity index (χ3n) is 3.37. The van der Waals surface area contributed by atoms with Crippen molar-refractivity contribution in [2.75, 3.05) is 19.8 Å². The second-order valence-corrected chi connectivity index (χ2v) is 5.40. The van der Waals surface area contributed by atoms with Crippen LogP contribution in [-0.2, 0) is 15.7 Å². The molecule has 1 fully saturated rings. The predicted octanol–water partition coefficient (Wildman–Crippen LogP) is 2.28. The molecule has 1 aromatic rings. The molecule has 1 aliphatic rings. The van der Waals surface area contributed by atoms with E-state index in [1.807, 2.05) is 0 Å². The Hall–Kier alpha value is -1.60. The fourth-order valence-electron chi connectivity index (χ4n) is 1.90. The molecule has 0 heterocycles. The summed E-state index contributed by atoms with van der Waals surface area (Å²) in [6.07, 6.45) is -3.42. The topological polar surface area (TPSA) is 58.6 Å². The zero-order chi connectivity index (χ0) is 16.2. The van der Waals surface area contributed by atoms with Crippen molar-refractivity contribution in [1.29, 1.82) is 0 Å². The number of aliphatic hydroxyl groups is 1. The van der Waals surface area contributed by atoms with Gasteiger partial charge >= 0.3 is 6.18 Å². The molecule has 1 saturated carbocycles. The van der Waals surface area contributed by atoms with Crippen molar-refractivity contribution in [3.05, 3.63) is 35.4 Å². The van der Waals surface area contributed by atoms with Gasteiger partial charge < -0.3 is 15.2 Å². The van der Waals surface area contributed by atoms with Crippen LogP contribution >= 0.6 is 0 Å². The van der Waals surface area contributed by atoms with Crippen molar-refractivity contribution < 1.29 is 27.8 Å². The Bertz CT molecular complexity index is 515. The summed E-state index contributed by atoms with van der Waals surface area (Å²) in [5, 5.41) is 12.3. The van der Waals surface area contributed by atoms with Gasteiger partial charge in [0.1, 0.15) is 6.61 Å². The number of halogens is 3. The minimum Gasteiger partial charge on any atom is -0.387 e. The monoisotopic (exact) mass is 317 g/mol. The van der Waals surface area contributed by atoms with Gasteiger partial charge in [0.2, 0.25) is 5.91 Å². The number of hydrogen-bond donors (Lipinski definition) is 2. The quantitative estimate of drug-likeness (QED) is 0.811.